The number of rotatable bonds is 5. The second-order valence-corrected chi connectivity index (χ2v) is 4.40. The van der Waals surface area contributed by atoms with Crippen LogP contribution in [0, 0.1) is 11.7 Å². The molecule has 1 rings (SSSR count). The Morgan fingerprint density at radius 2 is 2.11 bits per heavy atom. The van der Waals surface area contributed by atoms with Crippen LogP contribution in [0.1, 0.15) is 30.6 Å². The van der Waals surface area contributed by atoms with Gasteiger partial charge in [-0.25, -0.2) is 9.18 Å². The number of benzene rings is 1. The first kappa shape index (κ1) is 15.1. The molecule has 19 heavy (non-hydrogen) atoms. The number of carbonyl (C=O) groups excluding carboxylic acids is 1. The van der Waals surface area contributed by atoms with E-state index in [-0.39, 0.29) is 17.2 Å². The highest BCUT2D eigenvalue weighted by atomic mass is 19.1. The fourth-order valence-electron chi connectivity index (χ4n) is 1.48. The van der Waals surface area contributed by atoms with Crippen LogP contribution in [0.4, 0.5) is 10.1 Å². The molecule has 0 aliphatic rings. The molecule has 1 aromatic carbocycles. The highest BCUT2D eigenvalue weighted by Crippen LogP contribution is 2.17. The molecule has 0 spiro atoms. The van der Waals surface area contributed by atoms with Gasteiger partial charge in [0.1, 0.15) is 5.82 Å². The Labute approximate surface area is 110 Å². The Hall–Kier alpha value is -1.95. The molecular weight excluding hydrogens is 251 g/mol. The quantitative estimate of drug-likeness (QED) is 0.759. The van der Waals surface area contributed by atoms with E-state index in [0.717, 1.165) is 18.2 Å². The lowest BCUT2D eigenvalue weighted by atomic mass is 9.99. The third-order valence-corrected chi connectivity index (χ3v) is 3.03. The summed E-state index contributed by atoms with van der Waals surface area (Å²) in [4.78, 5) is 22.6. The Morgan fingerprint density at radius 1 is 1.47 bits per heavy atom. The number of hydrogen-bond donors (Lipinski definition) is 3. The number of carboxylic acid groups (broad SMARTS) is 1. The second-order valence-electron chi connectivity index (χ2n) is 4.40. The van der Waals surface area contributed by atoms with E-state index in [1.165, 1.54) is 0 Å². The standard InChI is InChI=1S/C13H17FN2O3/c1-3-7(2)11(15)12(17)16-10-6-8(13(18)19)4-5-9(10)14/h4-7,11H,3,15H2,1-2H3,(H,16,17)(H,18,19)/t7-,11-/m0/s1. The van der Waals surface area contributed by atoms with Crippen LogP contribution in [-0.4, -0.2) is 23.0 Å². The Kier molecular flexibility index (Phi) is 5.00. The van der Waals surface area contributed by atoms with Gasteiger partial charge in [0.25, 0.3) is 0 Å². The average Bonchev–Trinajstić information content (AvgIpc) is 2.38. The van der Waals surface area contributed by atoms with E-state index in [4.69, 9.17) is 10.8 Å². The van der Waals surface area contributed by atoms with E-state index in [9.17, 15) is 14.0 Å². The molecule has 1 aromatic rings. The van der Waals surface area contributed by atoms with Crippen LogP contribution in [0.2, 0.25) is 0 Å². The second kappa shape index (κ2) is 6.29. The number of nitrogens with two attached hydrogens (primary N) is 1. The molecule has 0 unspecified atom stereocenters. The summed E-state index contributed by atoms with van der Waals surface area (Å²) in [5, 5.41) is 11.1. The molecule has 0 saturated heterocycles. The molecule has 4 N–H and O–H groups in total. The third-order valence-electron chi connectivity index (χ3n) is 3.03. The van der Waals surface area contributed by atoms with Gasteiger partial charge >= 0.3 is 5.97 Å². The maximum absolute atomic E-state index is 13.5. The summed E-state index contributed by atoms with van der Waals surface area (Å²) in [5.41, 5.74) is 5.44. The van der Waals surface area contributed by atoms with Crippen LogP contribution < -0.4 is 11.1 Å². The minimum absolute atomic E-state index is 0.0503. The normalized spacial score (nSPS) is 13.7. The molecule has 0 radical (unpaired) electrons. The van der Waals surface area contributed by atoms with E-state index in [2.05, 4.69) is 5.32 Å². The van der Waals surface area contributed by atoms with E-state index in [1.54, 1.807) is 0 Å². The third kappa shape index (κ3) is 3.75. The summed E-state index contributed by atoms with van der Waals surface area (Å²) in [6.45, 7) is 3.71. The van der Waals surface area contributed by atoms with E-state index < -0.39 is 23.7 Å². The maximum atomic E-state index is 13.5. The highest BCUT2D eigenvalue weighted by molar-refractivity contribution is 5.96. The van der Waals surface area contributed by atoms with Crippen LogP contribution in [0.5, 0.6) is 0 Å². The number of hydrogen-bond acceptors (Lipinski definition) is 3. The summed E-state index contributed by atoms with van der Waals surface area (Å²) in [7, 11) is 0. The zero-order chi connectivity index (χ0) is 14.6. The molecule has 0 saturated carbocycles. The largest absolute Gasteiger partial charge is 0.478 e. The average molecular weight is 268 g/mol. The Balaban J connectivity index is 2.90. The summed E-state index contributed by atoms with van der Waals surface area (Å²) in [6.07, 6.45) is 0.715. The zero-order valence-corrected chi connectivity index (χ0v) is 10.8. The Bertz CT molecular complexity index is 491. The van der Waals surface area contributed by atoms with Crippen LogP contribution in [0.3, 0.4) is 0 Å². The van der Waals surface area contributed by atoms with Gasteiger partial charge < -0.3 is 16.2 Å². The van der Waals surface area contributed by atoms with Gasteiger partial charge in [0.15, 0.2) is 0 Å². The minimum atomic E-state index is -1.19. The van der Waals surface area contributed by atoms with Gasteiger partial charge in [0, 0.05) is 0 Å². The molecular formula is C13H17FN2O3. The first-order valence-electron chi connectivity index (χ1n) is 5.96. The number of nitrogens with one attached hydrogen (secondary N) is 1. The number of anilines is 1. The van der Waals surface area contributed by atoms with E-state index in [1.807, 2.05) is 13.8 Å². The van der Waals surface area contributed by atoms with Crippen LogP contribution >= 0.6 is 0 Å². The molecule has 2 atom stereocenters. The molecule has 0 fully saturated rings. The SMILES string of the molecule is CC[C@H](C)[C@H](N)C(=O)Nc1cc(C(=O)O)ccc1F. The number of carboxylic acids is 1. The van der Waals surface area contributed by atoms with Gasteiger partial charge in [-0.05, 0) is 24.1 Å². The van der Waals surface area contributed by atoms with Gasteiger partial charge in [0.2, 0.25) is 5.91 Å². The minimum Gasteiger partial charge on any atom is -0.478 e. The fraction of sp³-hybridized carbons (Fsp3) is 0.385. The van der Waals surface area contributed by atoms with Crippen molar-refractivity contribution in [2.75, 3.05) is 5.32 Å². The van der Waals surface area contributed by atoms with Crippen molar-refractivity contribution < 1.29 is 19.1 Å². The summed E-state index contributed by atoms with van der Waals surface area (Å²) < 4.78 is 13.5. The summed E-state index contributed by atoms with van der Waals surface area (Å²) in [5.74, 6) is -2.47. The molecule has 0 aliphatic heterocycles. The smallest absolute Gasteiger partial charge is 0.335 e. The van der Waals surface area contributed by atoms with Gasteiger partial charge in [-0.3, -0.25) is 4.79 Å². The van der Waals surface area contributed by atoms with E-state index >= 15 is 0 Å². The molecule has 0 heterocycles. The maximum Gasteiger partial charge on any atom is 0.335 e. The summed E-state index contributed by atoms with van der Waals surface area (Å²) >= 11 is 0. The molecule has 6 heteroatoms. The number of halogens is 1. The first-order valence-corrected chi connectivity index (χ1v) is 5.96. The Morgan fingerprint density at radius 3 is 2.63 bits per heavy atom. The van der Waals surface area contributed by atoms with Crippen molar-refractivity contribution in [3.8, 4) is 0 Å². The molecule has 5 nitrogen and oxygen atoms in total. The summed E-state index contributed by atoms with van der Waals surface area (Å²) in [6, 6.07) is 2.42. The van der Waals surface area contributed by atoms with Crippen LogP contribution in [0.25, 0.3) is 0 Å². The number of aromatic carboxylic acids is 1. The van der Waals surface area contributed by atoms with Crippen molar-refractivity contribution in [1.82, 2.24) is 0 Å². The fourth-order valence-corrected chi connectivity index (χ4v) is 1.48. The zero-order valence-electron chi connectivity index (χ0n) is 10.8. The number of carbonyl (C=O) groups is 2. The predicted octanol–water partition coefficient (Wildman–Crippen LogP) is 1.84. The van der Waals surface area contributed by atoms with Gasteiger partial charge in [-0.1, -0.05) is 20.3 Å². The van der Waals surface area contributed by atoms with Crippen molar-refractivity contribution in [2.24, 2.45) is 11.7 Å². The first-order chi connectivity index (χ1) is 8.86. The van der Waals surface area contributed by atoms with Gasteiger partial charge in [0.05, 0.1) is 17.3 Å². The molecule has 0 aromatic heterocycles. The highest BCUT2D eigenvalue weighted by Gasteiger charge is 2.20. The van der Waals surface area contributed by atoms with Crippen LogP contribution in [0.15, 0.2) is 18.2 Å². The molecule has 0 bridgehead atoms. The van der Waals surface area contributed by atoms with E-state index in [0.29, 0.717) is 6.42 Å². The topological polar surface area (TPSA) is 92.4 Å². The molecule has 0 aliphatic carbocycles. The van der Waals surface area contributed by atoms with Gasteiger partial charge in [-0.2, -0.15) is 0 Å². The van der Waals surface area contributed by atoms with Gasteiger partial charge in [-0.15, -0.1) is 0 Å². The molecule has 104 valence electrons. The van der Waals surface area contributed by atoms with Crippen molar-refractivity contribution in [2.45, 2.75) is 26.3 Å². The van der Waals surface area contributed by atoms with Crippen molar-refractivity contribution in [3.63, 3.8) is 0 Å². The van der Waals surface area contributed by atoms with Crippen LogP contribution in [-0.2, 0) is 4.79 Å². The van der Waals surface area contributed by atoms with Crippen molar-refractivity contribution >= 4 is 17.6 Å². The molecule has 1 amide bonds. The lowest BCUT2D eigenvalue weighted by Crippen LogP contribution is -2.40. The predicted molar refractivity (Wildman–Crippen MR) is 69.4 cm³/mol. The van der Waals surface area contributed by atoms with Crippen molar-refractivity contribution in [3.05, 3.63) is 29.6 Å². The lowest BCUT2D eigenvalue weighted by Gasteiger charge is -2.18. The number of amides is 1. The van der Waals surface area contributed by atoms with Crippen molar-refractivity contribution in [1.29, 1.82) is 0 Å². The lowest BCUT2D eigenvalue weighted by molar-refractivity contribution is -0.118. The monoisotopic (exact) mass is 268 g/mol.